The van der Waals surface area contributed by atoms with Gasteiger partial charge in [-0.1, -0.05) is 6.92 Å². The first-order valence-corrected chi connectivity index (χ1v) is 10.5. The largest absolute Gasteiger partial charge is 0.450 e. The van der Waals surface area contributed by atoms with Crippen molar-refractivity contribution in [1.82, 2.24) is 20.2 Å². The van der Waals surface area contributed by atoms with Gasteiger partial charge in [-0.05, 0) is 39.2 Å². The number of amides is 2. The minimum atomic E-state index is -0.278. The summed E-state index contributed by atoms with van der Waals surface area (Å²) in [4.78, 5) is 36.9. The number of nitrogens with zero attached hydrogens (tertiary/aromatic N) is 3. The van der Waals surface area contributed by atoms with Gasteiger partial charge in [0.25, 0.3) is 0 Å². The van der Waals surface area contributed by atoms with Crippen molar-refractivity contribution in [3.05, 3.63) is 16.8 Å². The van der Waals surface area contributed by atoms with Crippen LogP contribution in [-0.2, 0) is 16.0 Å². The molecule has 3 heterocycles. The van der Waals surface area contributed by atoms with Crippen LogP contribution in [0.1, 0.15) is 37.4 Å². The first-order chi connectivity index (χ1) is 13.5. The standard InChI is InChI=1S/C19H27N5O3S/c1-4-14-10-15-17(21-12(3)22-18(15)28-14)20-11-16(25)23-13-6-8-24(9-7-13)19(26)27-5-2/h10,13H,4-9,11H2,1-3H3,(H,23,25)(H,20,21,22). The second-order valence-electron chi connectivity index (χ2n) is 6.79. The smallest absolute Gasteiger partial charge is 0.409 e. The van der Waals surface area contributed by atoms with Gasteiger partial charge in [0.1, 0.15) is 16.5 Å². The summed E-state index contributed by atoms with van der Waals surface area (Å²) in [6, 6.07) is 2.16. The number of carbonyl (C=O) groups is 2. The molecule has 28 heavy (non-hydrogen) atoms. The summed E-state index contributed by atoms with van der Waals surface area (Å²) >= 11 is 1.66. The third-order valence-corrected chi connectivity index (χ3v) is 5.88. The lowest BCUT2D eigenvalue weighted by atomic mass is 10.1. The van der Waals surface area contributed by atoms with Crippen molar-refractivity contribution < 1.29 is 14.3 Å². The Morgan fingerprint density at radius 3 is 2.71 bits per heavy atom. The third kappa shape index (κ3) is 4.89. The fraction of sp³-hybridized carbons (Fsp3) is 0.579. The Kier molecular flexibility index (Phi) is 6.66. The number of ether oxygens (including phenoxy) is 1. The molecule has 1 aliphatic heterocycles. The van der Waals surface area contributed by atoms with Crippen molar-refractivity contribution in [3.8, 4) is 0 Å². The average Bonchev–Trinajstić information content (AvgIpc) is 3.10. The Hall–Kier alpha value is -2.42. The molecule has 152 valence electrons. The third-order valence-electron chi connectivity index (χ3n) is 4.71. The normalized spacial score (nSPS) is 14.9. The van der Waals surface area contributed by atoms with E-state index < -0.39 is 0 Å². The molecule has 0 radical (unpaired) electrons. The van der Waals surface area contributed by atoms with Gasteiger partial charge >= 0.3 is 6.09 Å². The molecule has 3 rings (SSSR count). The predicted molar refractivity (Wildman–Crippen MR) is 110 cm³/mol. The van der Waals surface area contributed by atoms with Crippen molar-refractivity contribution in [2.75, 3.05) is 31.6 Å². The summed E-state index contributed by atoms with van der Waals surface area (Å²) in [5, 5.41) is 7.16. The van der Waals surface area contributed by atoms with E-state index in [1.807, 2.05) is 6.92 Å². The van der Waals surface area contributed by atoms with E-state index in [-0.39, 0.29) is 24.6 Å². The Labute approximate surface area is 168 Å². The number of rotatable bonds is 6. The van der Waals surface area contributed by atoms with Gasteiger partial charge in [0.15, 0.2) is 0 Å². The molecular formula is C19H27N5O3S. The number of likely N-dealkylation sites (tertiary alicyclic amines) is 1. The number of thiophene rings is 1. The number of aromatic nitrogens is 2. The van der Waals surface area contributed by atoms with E-state index in [1.165, 1.54) is 4.88 Å². The molecule has 2 aromatic rings. The molecule has 8 nitrogen and oxygen atoms in total. The molecule has 0 spiro atoms. The predicted octanol–water partition coefficient (Wildman–Crippen LogP) is 2.71. The number of hydrogen-bond acceptors (Lipinski definition) is 7. The number of piperidine rings is 1. The van der Waals surface area contributed by atoms with E-state index in [4.69, 9.17) is 4.74 Å². The molecule has 9 heteroatoms. The highest BCUT2D eigenvalue weighted by atomic mass is 32.1. The van der Waals surface area contributed by atoms with Crippen LogP contribution in [-0.4, -0.2) is 59.2 Å². The maximum atomic E-state index is 12.4. The average molecular weight is 406 g/mol. The van der Waals surface area contributed by atoms with Gasteiger partial charge in [0.2, 0.25) is 5.91 Å². The molecule has 0 aliphatic carbocycles. The van der Waals surface area contributed by atoms with E-state index >= 15 is 0 Å². The van der Waals surface area contributed by atoms with E-state index in [1.54, 1.807) is 23.2 Å². The molecule has 2 aromatic heterocycles. The van der Waals surface area contributed by atoms with Crippen molar-refractivity contribution in [1.29, 1.82) is 0 Å². The Morgan fingerprint density at radius 2 is 2.04 bits per heavy atom. The molecule has 0 unspecified atom stereocenters. The van der Waals surface area contributed by atoms with Crippen LogP contribution in [0.5, 0.6) is 0 Å². The zero-order valence-corrected chi connectivity index (χ0v) is 17.4. The van der Waals surface area contributed by atoms with Gasteiger partial charge in [0.05, 0.1) is 18.5 Å². The highest BCUT2D eigenvalue weighted by Gasteiger charge is 2.24. The molecule has 2 amide bonds. The lowest BCUT2D eigenvalue weighted by Crippen LogP contribution is -2.47. The van der Waals surface area contributed by atoms with Crippen LogP contribution in [0.2, 0.25) is 0 Å². The summed E-state index contributed by atoms with van der Waals surface area (Å²) < 4.78 is 5.02. The van der Waals surface area contributed by atoms with Crippen LogP contribution < -0.4 is 10.6 Å². The SMILES string of the molecule is CCOC(=O)N1CCC(NC(=O)CNc2nc(C)nc3sc(CC)cc23)CC1. The molecule has 0 aromatic carbocycles. The van der Waals surface area contributed by atoms with Crippen molar-refractivity contribution in [2.45, 2.75) is 46.1 Å². The fourth-order valence-electron chi connectivity index (χ4n) is 3.25. The Balaban J connectivity index is 1.52. The first kappa shape index (κ1) is 20.3. The zero-order chi connectivity index (χ0) is 20.1. The first-order valence-electron chi connectivity index (χ1n) is 9.72. The van der Waals surface area contributed by atoms with Crippen LogP contribution in [0.25, 0.3) is 10.2 Å². The highest BCUT2D eigenvalue weighted by Crippen LogP contribution is 2.29. The number of anilines is 1. The molecule has 1 saturated heterocycles. The molecule has 0 bridgehead atoms. The Bertz CT molecular complexity index is 845. The number of nitrogens with one attached hydrogen (secondary N) is 2. The summed E-state index contributed by atoms with van der Waals surface area (Å²) in [7, 11) is 0. The summed E-state index contributed by atoms with van der Waals surface area (Å²) in [6.07, 6.45) is 2.13. The van der Waals surface area contributed by atoms with E-state index in [2.05, 4.69) is 33.6 Å². The van der Waals surface area contributed by atoms with Crippen molar-refractivity contribution in [2.24, 2.45) is 0 Å². The second-order valence-corrected chi connectivity index (χ2v) is 7.90. The molecular weight excluding hydrogens is 378 g/mol. The molecule has 0 atom stereocenters. The van der Waals surface area contributed by atoms with Gasteiger partial charge in [-0.25, -0.2) is 14.8 Å². The van der Waals surface area contributed by atoms with E-state index in [0.29, 0.717) is 31.3 Å². The minimum Gasteiger partial charge on any atom is -0.450 e. The van der Waals surface area contributed by atoms with E-state index in [0.717, 1.165) is 29.5 Å². The van der Waals surface area contributed by atoms with Crippen LogP contribution in [0, 0.1) is 6.92 Å². The van der Waals surface area contributed by atoms with Gasteiger partial charge in [-0.2, -0.15) is 0 Å². The molecule has 1 aliphatic rings. The number of fused-ring (bicyclic) bond motifs is 1. The molecule has 2 N–H and O–H groups in total. The second kappa shape index (κ2) is 9.18. The van der Waals surface area contributed by atoms with Crippen molar-refractivity contribution in [3.63, 3.8) is 0 Å². The maximum absolute atomic E-state index is 12.4. The Morgan fingerprint density at radius 1 is 1.29 bits per heavy atom. The lowest BCUT2D eigenvalue weighted by molar-refractivity contribution is -0.120. The van der Waals surface area contributed by atoms with Crippen LogP contribution in [0.3, 0.4) is 0 Å². The topological polar surface area (TPSA) is 96.5 Å². The van der Waals surface area contributed by atoms with Gasteiger partial charge in [-0.15, -0.1) is 11.3 Å². The molecule has 1 fully saturated rings. The summed E-state index contributed by atoms with van der Waals surface area (Å²) in [6.45, 7) is 7.48. The summed E-state index contributed by atoms with van der Waals surface area (Å²) in [5.41, 5.74) is 0. The lowest BCUT2D eigenvalue weighted by Gasteiger charge is -2.31. The van der Waals surface area contributed by atoms with Crippen LogP contribution in [0.15, 0.2) is 6.07 Å². The number of aryl methyl sites for hydroxylation is 2. The fourth-order valence-corrected chi connectivity index (χ4v) is 4.26. The quantitative estimate of drug-likeness (QED) is 0.767. The van der Waals surface area contributed by atoms with Crippen molar-refractivity contribution >= 4 is 39.4 Å². The molecule has 0 saturated carbocycles. The monoisotopic (exact) mass is 405 g/mol. The van der Waals surface area contributed by atoms with Gasteiger partial charge in [-0.3, -0.25) is 4.79 Å². The van der Waals surface area contributed by atoms with Crippen LogP contribution in [0.4, 0.5) is 10.6 Å². The van der Waals surface area contributed by atoms with Gasteiger partial charge < -0.3 is 20.3 Å². The highest BCUT2D eigenvalue weighted by molar-refractivity contribution is 7.18. The minimum absolute atomic E-state index is 0.0694. The van der Waals surface area contributed by atoms with E-state index in [9.17, 15) is 9.59 Å². The number of hydrogen-bond donors (Lipinski definition) is 2. The van der Waals surface area contributed by atoms with Gasteiger partial charge in [0, 0.05) is 24.0 Å². The zero-order valence-electron chi connectivity index (χ0n) is 16.6. The maximum Gasteiger partial charge on any atom is 0.409 e. The van der Waals surface area contributed by atoms with Crippen LogP contribution >= 0.6 is 11.3 Å². The summed E-state index contributed by atoms with van der Waals surface area (Å²) in [5.74, 6) is 1.31. The number of carbonyl (C=O) groups excluding carboxylic acids is 2.